The summed E-state index contributed by atoms with van der Waals surface area (Å²) >= 11 is 0. The molecule has 9 rings (SSSR count). The number of fused-ring (bicyclic) bond motifs is 12. The normalized spacial score (nSPS) is 16.3. The van der Waals surface area contributed by atoms with E-state index in [-0.39, 0.29) is 10.8 Å². The number of nitrogens with one attached hydrogen (secondary N) is 1. The average molecular weight is 543 g/mol. The van der Waals surface area contributed by atoms with Gasteiger partial charge in [0.2, 0.25) is 0 Å². The molecule has 1 N–H and O–H groups in total. The topological polar surface area (TPSA) is 20.7 Å². The number of hydrogen-bond acceptors (Lipinski definition) is 0. The molecular formula is C40H34N2. The molecule has 6 aromatic carbocycles. The second-order valence-electron chi connectivity index (χ2n) is 13.7. The van der Waals surface area contributed by atoms with Crippen LogP contribution in [-0.4, -0.2) is 9.55 Å². The Morgan fingerprint density at radius 1 is 0.524 bits per heavy atom. The zero-order chi connectivity index (χ0) is 28.4. The minimum absolute atomic E-state index is 0.152. The van der Waals surface area contributed by atoms with E-state index in [1.165, 1.54) is 94.8 Å². The molecule has 0 spiro atoms. The van der Waals surface area contributed by atoms with Gasteiger partial charge in [-0.15, -0.1) is 0 Å². The molecule has 2 heterocycles. The number of aromatic amines is 1. The Labute approximate surface area is 245 Å². The van der Waals surface area contributed by atoms with E-state index in [0.717, 1.165) is 0 Å². The van der Waals surface area contributed by atoms with Gasteiger partial charge in [0, 0.05) is 38.1 Å². The highest BCUT2D eigenvalue weighted by Gasteiger charge is 2.38. The maximum Gasteiger partial charge on any atom is 0.0562 e. The third kappa shape index (κ3) is 3.10. The van der Waals surface area contributed by atoms with E-state index in [1.807, 2.05) is 0 Å². The number of nitrogens with zero attached hydrogens (tertiary/aromatic N) is 1. The van der Waals surface area contributed by atoms with Crippen LogP contribution in [0.5, 0.6) is 0 Å². The molecule has 0 atom stereocenters. The number of benzene rings is 6. The fourth-order valence-electron chi connectivity index (χ4n) is 7.97. The Bertz CT molecular complexity index is 2400. The second-order valence-corrected chi connectivity index (χ2v) is 13.7. The molecule has 0 fully saturated rings. The molecule has 2 nitrogen and oxygen atoms in total. The minimum atomic E-state index is 0.152. The summed E-state index contributed by atoms with van der Waals surface area (Å²) < 4.78 is 2.49. The lowest BCUT2D eigenvalue weighted by Crippen LogP contribution is -2.33. The van der Waals surface area contributed by atoms with E-state index in [2.05, 4.69) is 140 Å². The van der Waals surface area contributed by atoms with Crippen LogP contribution in [0.2, 0.25) is 0 Å². The van der Waals surface area contributed by atoms with Crippen molar-refractivity contribution in [2.75, 3.05) is 0 Å². The van der Waals surface area contributed by atoms with Gasteiger partial charge >= 0.3 is 0 Å². The third-order valence-corrected chi connectivity index (χ3v) is 10.4. The summed E-state index contributed by atoms with van der Waals surface area (Å²) in [6.45, 7) is 9.71. The highest BCUT2D eigenvalue weighted by molar-refractivity contribution is 6.32. The third-order valence-electron chi connectivity index (χ3n) is 10.4. The molecule has 1 aliphatic carbocycles. The van der Waals surface area contributed by atoms with Crippen molar-refractivity contribution in [3.63, 3.8) is 0 Å². The standard InChI is InChI=1S/C40H34N2/c1-39(2)18-19-40(3,4)33-22-35-30(21-32(33)39)29-20-31-34(23-36(29)42(35)24-12-6-5-7-13-24)41-38-28-17-11-9-15-26(28)25-14-8-10-16-27(25)37(31)38/h5-17,20-23,41H,18-19H2,1-4H3. The number of aromatic nitrogens is 2. The molecule has 0 amide bonds. The van der Waals surface area contributed by atoms with Gasteiger partial charge in [-0.1, -0.05) is 94.4 Å². The average Bonchev–Trinajstić information content (AvgIpc) is 3.53. The van der Waals surface area contributed by atoms with Crippen LogP contribution < -0.4 is 0 Å². The Morgan fingerprint density at radius 3 is 1.79 bits per heavy atom. The van der Waals surface area contributed by atoms with Crippen molar-refractivity contribution in [1.29, 1.82) is 0 Å². The van der Waals surface area contributed by atoms with E-state index in [4.69, 9.17) is 0 Å². The summed E-state index contributed by atoms with van der Waals surface area (Å²) in [7, 11) is 0. The molecule has 8 aromatic rings. The van der Waals surface area contributed by atoms with E-state index in [1.54, 1.807) is 0 Å². The molecule has 2 aromatic heterocycles. The van der Waals surface area contributed by atoms with Gasteiger partial charge in [-0.05, 0) is 87.4 Å². The first kappa shape index (κ1) is 24.1. The Kier molecular flexibility index (Phi) is 4.61. The van der Waals surface area contributed by atoms with Crippen LogP contribution >= 0.6 is 0 Å². The van der Waals surface area contributed by atoms with Crippen LogP contribution in [-0.2, 0) is 10.8 Å². The summed E-state index contributed by atoms with van der Waals surface area (Å²) in [5.41, 5.74) is 9.48. The largest absolute Gasteiger partial charge is 0.354 e. The van der Waals surface area contributed by atoms with Gasteiger partial charge in [0.25, 0.3) is 0 Å². The van der Waals surface area contributed by atoms with E-state index >= 15 is 0 Å². The van der Waals surface area contributed by atoms with Crippen molar-refractivity contribution in [2.24, 2.45) is 0 Å². The molecule has 0 saturated carbocycles. The molecule has 0 aliphatic heterocycles. The second kappa shape index (κ2) is 8.04. The van der Waals surface area contributed by atoms with Crippen molar-refractivity contribution >= 4 is 65.2 Å². The van der Waals surface area contributed by atoms with Gasteiger partial charge < -0.3 is 9.55 Å². The molecule has 0 saturated heterocycles. The predicted molar refractivity (Wildman–Crippen MR) is 180 cm³/mol. The van der Waals surface area contributed by atoms with Crippen molar-refractivity contribution in [3.05, 3.63) is 114 Å². The summed E-state index contributed by atoms with van der Waals surface area (Å²) in [6.07, 6.45) is 2.42. The molecular weight excluding hydrogens is 508 g/mol. The highest BCUT2D eigenvalue weighted by Crippen LogP contribution is 2.49. The molecule has 2 heteroatoms. The van der Waals surface area contributed by atoms with Crippen LogP contribution in [0.1, 0.15) is 51.7 Å². The number of para-hydroxylation sites is 1. The zero-order valence-corrected chi connectivity index (χ0v) is 24.7. The number of H-pyrrole nitrogens is 1. The lowest BCUT2D eigenvalue weighted by Gasteiger charge is -2.42. The van der Waals surface area contributed by atoms with Gasteiger partial charge in [0.05, 0.1) is 16.6 Å². The maximum absolute atomic E-state index is 3.90. The smallest absolute Gasteiger partial charge is 0.0562 e. The first-order chi connectivity index (χ1) is 20.3. The van der Waals surface area contributed by atoms with Gasteiger partial charge in [0.15, 0.2) is 0 Å². The number of hydrogen-bond donors (Lipinski definition) is 1. The van der Waals surface area contributed by atoms with Crippen LogP contribution in [0.3, 0.4) is 0 Å². The lowest BCUT2D eigenvalue weighted by atomic mass is 9.63. The first-order valence-corrected chi connectivity index (χ1v) is 15.3. The van der Waals surface area contributed by atoms with Crippen molar-refractivity contribution in [1.82, 2.24) is 9.55 Å². The number of rotatable bonds is 1. The molecule has 0 radical (unpaired) electrons. The fraction of sp³-hybridized carbons (Fsp3) is 0.200. The molecule has 0 bridgehead atoms. The monoisotopic (exact) mass is 542 g/mol. The van der Waals surface area contributed by atoms with Crippen molar-refractivity contribution in [2.45, 2.75) is 51.4 Å². The first-order valence-electron chi connectivity index (χ1n) is 15.3. The van der Waals surface area contributed by atoms with Gasteiger partial charge in [-0.25, -0.2) is 0 Å². The fourth-order valence-corrected chi connectivity index (χ4v) is 7.97. The summed E-state index contributed by atoms with van der Waals surface area (Å²) in [4.78, 5) is 3.90. The highest BCUT2D eigenvalue weighted by atomic mass is 15.0. The molecule has 42 heavy (non-hydrogen) atoms. The van der Waals surface area contributed by atoms with Crippen LogP contribution in [0.25, 0.3) is 70.8 Å². The van der Waals surface area contributed by atoms with Gasteiger partial charge in [0.1, 0.15) is 0 Å². The maximum atomic E-state index is 3.90. The zero-order valence-electron chi connectivity index (χ0n) is 24.7. The molecule has 1 aliphatic rings. The minimum Gasteiger partial charge on any atom is -0.354 e. The Morgan fingerprint density at radius 2 is 1.07 bits per heavy atom. The van der Waals surface area contributed by atoms with E-state index in [9.17, 15) is 0 Å². The van der Waals surface area contributed by atoms with E-state index in [0.29, 0.717) is 0 Å². The Balaban J connectivity index is 1.50. The summed E-state index contributed by atoms with van der Waals surface area (Å²) in [5.74, 6) is 0. The van der Waals surface area contributed by atoms with Crippen LogP contribution in [0, 0.1) is 0 Å². The summed E-state index contributed by atoms with van der Waals surface area (Å²) in [5, 5.41) is 10.5. The quantitative estimate of drug-likeness (QED) is 0.199. The van der Waals surface area contributed by atoms with Crippen molar-refractivity contribution in [3.8, 4) is 5.69 Å². The van der Waals surface area contributed by atoms with Crippen LogP contribution in [0.4, 0.5) is 0 Å². The summed E-state index contributed by atoms with van der Waals surface area (Å²) in [6, 6.07) is 38.5. The molecule has 0 unspecified atom stereocenters. The van der Waals surface area contributed by atoms with Crippen molar-refractivity contribution < 1.29 is 0 Å². The lowest BCUT2D eigenvalue weighted by molar-refractivity contribution is 0.332. The SMILES string of the molecule is CC1(C)CCC(C)(C)c2cc3c(cc21)c1cc2c(cc1n3-c1ccccc1)[nH]c1c3ccccc3c3ccccc3c21. The van der Waals surface area contributed by atoms with Gasteiger partial charge in [-0.2, -0.15) is 0 Å². The molecule has 204 valence electrons. The predicted octanol–water partition coefficient (Wildman–Crippen LogP) is 11.1. The van der Waals surface area contributed by atoms with Crippen LogP contribution in [0.15, 0.2) is 103 Å². The van der Waals surface area contributed by atoms with Gasteiger partial charge in [-0.3, -0.25) is 0 Å². The Hall–Kier alpha value is -4.56. The van der Waals surface area contributed by atoms with E-state index < -0.39 is 0 Å².